The van der Waals surface area contributed by atoms with Crippen LogP contribution in [0.3, 0.4) is 0 Å². The fraction of sp³-hybridized carbons (Fsp3) is 0.632. The van der Waals surface area contributed by atoms with Gasteiger partial charge in [0, 0.05) is 34.9 Å². The van der Waals surface area contributed by atoms with Crippen molar-refractivity contribution in [1.29, 1.82) is 0 Å². The van der Waals surface area contributed by atoms with Crippen molar-refractivity contribution in [3.8, 4) is 5.75 Å². The first kappa shape index (κ1) is 19.8. The summed E-state index contributed by atoms with van der Waals surface area (Å²) in [6.45, 7) is 4.71. The molecular formula is C19H31N3O2S. The highest BCUT2D eigenvalue weighted by atomic mass is 32.2. The molecule has 0 amide bonds. The van der Waals surface area contributed by atoms with Crippen molar-refractivity contribution in [3.63, 3.8) is 0 Å². The zero-order chi connectivity index (χ0) is 18.1. The Morgan fingerprint density at radius 3 is 2.80 bits per heavy atom. The zero-order valence-electron chi connectivity index (χ0n) is 15.5. The molecule has 0 heterocycles. The van der Waals surface area contributed by atoms with Gasteiger partial charge in [-0.3, -0.25) is 9.20 Å². The predicted molar refractivity (Wildman–Crippen MR) is 106 cm³/mol. The first-order chi connectivity index (χ1) is 12.1. The summed E-state index contributed by atoms with van der Waals surface area (Å²) in [4.78, 5) is 4.31. The summed E-state index contributed by atoms with van der Waals surface area (Å²) < 4.78 is 18.0. The molecule has 0 saturated heterocycles. The van der Waals surface area contributed by atoms with E-state index in [0.29, 0.717) is 17.8 Å². The number of para-hydroxylation sites is 1. The SMILES string of the molecule is CCS(=O)C1CCCC(NC(=NC)NCC(C)Oc2ccccc2)C1. The molecule has 0 aromatic heterocycles. The molecule has 6 heteroatoms. The lowest BCUT2D eigenvalue weighted by Crippen LogP contribution is -2.48. The van der Waals surface area contributed by atoms with Crippen LogP contribution in [-0.4, -0.2) is 46.9 Å². The van der Waals surface area contributed by atoms with E-state index in [1.54, 1.807) is 7.05 Å². The molecule has 4 atom stereocenters. The Hall–Kier alpha value is -1.56. The maximum absolute atomic E-state index is 12.1. The van der Waals surface area contributed by atoms with Crippen LogP contribution in [-0.2, 0) is 10.8 Å². The number of ether oxygens (including phenoxy) is 1. The van der Waals surface area contributed by atoms with E-state index in [2.05, 4.69) is 15.6 Å². The molecular weight excluding hydrogens is 334 g/mol. The molecule has 0 radical (unpaired) electrons. The van der Waals surface area contributed by atoms with Crippen molar-refractivity contribution < 1.29 is 8.95 Å². The van der Waals surface area contributed by atoms with E-state index >= 15 is 0 Å². The molecule has 5 nitrogen and oxygen atoms in total. The average molecular weight is 366 g/mol. The standard InChI is InChI=1S/C19H31N3O2S/c1-4-25(23)18-12-8-9-16(13-18)22-19(20-3)21-14-15(2)24-17-10-6-5-7-11-17/h5-7,10-11,15-16,18H,4,8-9,12-14H2,1-3H3,(H2,20,21,22). The topological polar surface area (TPSA) is 62.7 Å². The highest BCUT2D eigenvalue weighted by molar-refractivity contribution is 7.85. The van der Waals surface area contributed by atoms with Crippen molar-refractivity contribution >= 4 is 16.8 Å². The van der Waals surface area contributed by atoms with Crippen LogP contribution in [0.1, 0.15) is 39.5 Å². The number of nitrogens with zero attached hydrogens (tertiary/aromatic N) is 1. The summed E-state index contributed by atoms with van der Waals surface area (Å²) in [6, 6.07) is 10.2. The maximum Gasteiger partial charge on any atom is 0.191 e. The first-order valence-electron chi connectivity index (χ1n) is 9.18. The van der Waals surface area contributed by atoms with Gasteiger partial charge in [-0.15, -0.1) is 0 Å². The van der Waals surface area contributed by atoms with Gasteiger partial charge in [0.1, 0.15) is 11.9 Å². The van der Waals surface area contributed by atoms with E-state index < -0.39 is 10.8 Å². The Morgan fingerprint density at radius 2 is 2.12 bits per heavy atom. The molecule has 1 aromatic rings. The summed E-state index contributed by atoms with van der Waals surface area (Å²) in [5.74, 6) is 2.41. The van der Waals surface area contributed by atoms with E-state index in [9.17, 15) is 4.21 Å². The minimum absolute atomic E-state index is 0.0349. The van der Waals surface area contributed by atoms with Crippen LogP contribution in [0.2, 0.25) is 0 Å². The summed E-state index contributed by atoms with van der Waals surface area (Å²) in [7, 11) is 1.08. The molecule has 4 unspecified atom stereocenters. The molecule has 2 rings (SSSR count). The highest BCUT2D eigenvalue weighted by Crippen LogP contribution is 2.23. The van der Waals surface area contributed by atoms with Gasteiger partial charge in [0.2, 0.25) is 0 Å². The molecule has 0 spiro atoms. The number of benzene rings is 1. The van der Waals surface area contributed by atoms with Crippen LogP contribution in [0, 0.1) is 0 Å². The van der Waals surface area contributed by atoms with Gasteiger partial charge >= 0.3 is 0 Å². The number of aliphatic imine (C=N–C) groups is 1. The van der Waals surface area contributed by atoms with E-state index in [4.69, 9.17) is 4.74 Å². The quantitative estimate of drug-likeness (QED) is 0.576. The van der Waals surface area contributed by atoms with Crippen LogP contribution in [0.4, 0.5) is 0 Å². The predicted octanol–water partition coefficient (Wildman–Crippen LogP) is 2.70. The van der Waals surface area contributed by atoms with E-state index in [1.807, 2.05) is 44.2 Å². The molecule has 1 fully saturated rings. The molecule has 0 aliphatic heterocycles. The molecule has 140 valence electrons. The number of hydrogen-bond donors (Lipinski definition) is 2. The van der Waals surface area contributed by atoms with Gasteiger partial charge in [0.15, 0.2) is 5.96 Å². The molecule has 1 saturated carbocycles. The molecule has 1 aliphatic carbocycles. The third-order valence-electron chi connectivity index (χ3n) is 4.48. The van der Waals surface area contributed by atoms with E-state index in [1.165, 1.54) is 0 Å². The summed E-state index contributed by atoms with van der Waals surface area (Å²) in [6.07, 6.45) is 4.30. The van der Waals surface area contributed by atoms with Gasteiger partial charge in [-0.05, 0) is 38.3 Å². The second-order valence-corrected chi connectivity index (χ2v) is 8.50. The lowest BCUT2D eigenvalue weighted by molar-refractivity contribution is 0.223. The van der Waals surface area contributed by atoms with Gasteiger partial charge < -0.3 is 15.4 Å². The maximum atomic E-state index is 12.1. The monoisotopic (exact) mass is 365 g/mol. The van der Waals surface area contributed by atoms with E-state index in [0.717, 1.165) is 43.1 Å². The lowest BCUT2D eigenvalue weighted by Gasteiger charge is -2.30. The van der Waals surface area contributed by atoms with Crippen LogP contribution < -0.4 is 15.4 Å². The Morgan fingerprint density at radius 1 is 1.36 bits per heavy atom. The molecule has 25 heavy (non-hydrogen) atoms. The Bertz CT molecular complexity index is 565. The zero-order valence-corrected chi connectivity index (χ0v) is 16.3. The fourth-order valence-electron chi connectivity index (χ4n) is 3.15. The number of rotatable bonds is 7. The van der Waals surface area contributed by atoms with Gasteiger partial charge in [0.25, 0.3) is 0 Å². The highest BCUT2D eigenvalue weighted by Gasteiger charge is 2.26. The lowest BCUT2D eigenvalue weighted by atomic mass is 9.95. The molecule has 2 N–H and O–H groups in total. The Balaban J connectivity index is 1.77. The minimum atomic E-state index is -0.705. The van der Waals surface area contributed by atoms with E-state index in [-0.39, 0.29) is 6.10 Å². The van der Waals surface area contributed by atoms with Gasteiger partial charge in [-0.2, -0.15) is 0 Å². The second-order valence-electron chi connectivity index (χ2n) is 6.49. The van der Waals surface area contributed by atoms with Gasteiger partial charge in [-0.25, -0.2) is 0 Å². The van der Waals surface area contributed by atoms with Gasteiger partial charge in [-0.1, -0.05) is 31.5 Å². The fourth-order valence-corrected chi connectivity index (χ4v) is 4.50. The van der Waals surface area contributed by atoms with Crippen LogP contribution in [0.5, 0.6) is 5.75 Å². The Kier molecular flexibility index (Phi) is 8.25. The molecule has 1 aliphatic rings. The smallest absolute Gasteiger partial charge is 0.191 e. The third-order valence-corrected chi connectivity index (χ3v) is 6.23. The van der Waals surface area contributed by atoms with Crippen molar-refractivity contribution in [2.24, 2.45) is 4.99 Å². The molecule has 1 aromatic carbocycles. The average Bonchev–Trinajstić information content (AvgIpc) is 2.65. The summed E-state index contributed by atoms with van der Waals surface area (Å²) >= 11 is 0. The summed E-state index contributed by atoms with van der Waals surface area (Å²) in [5.41, 5.74) is 0. The number of guanidine groups is 1. The van der Waals surface area contributed by atoms with Crippen LogP contribution >= 0.6 is 0 Å². The first-order valence-corrected chi connectivity index (χ1v) is 10.6. The van der Waals surface area contributed by atoms with Crippen molar-refractivity contribution in [2.75, 3.05) is 19.3 Å². The van der Waals surface area contributed by atoms with Crippen molar-refractivity contribution in [2.45, 2.75) is 56.9 Å². The normalized spacial score (nSPS) is 23.6. The summed E-state index contributed by atoms with van der Waals surface area (Å²) in [5, 5.41) is 7.13. The third kappa shape index (κ3) is 6.69. The van der Waals surface area contributed by atoms with Crippen LogP contribution in [0.25, 0.3) is 0 Å². The van der Waals surface area contributed by atoms with Crippen molar-refractivity contribution in [1.82, 2.24) is 10.6 Å². The van der Waals surface area contributed by atoms with Crippen LogP contribution in [0.15, 0.2) is 35.3 Å². The molecule has 0 bridgehead atoms. The van der Waals surface area contributed by atoms with Gasteiger partial charge in [0.05, 0.1) is 6.54 Å². The number of hydrogen-bond acceptors (Lipinski definition) is 3. The van der Waals surface area contributed by atoms with Crippen molar-refractivity contribution in [3.05, 3.63) is 30.3 Å². The second kappa shape index (κ2) is 10.4. The Labute approximate surface area is 154 Å². The number of nitrogens with one attached hydrogen (secondary N) is 2. The minimum Gasteiger partial charge on any atom is -0.489 e. The largest absolute Gasteiger partial charge is 0.489 e.